The Bertz CT molecular complexity index is 1160. The van der Waals surface area contributed by atoms with Crippen LogP contribution in [0, 0.1) is 28.9 Å². The molecule has 194 valence electrons. The van der Waals surface area contributed by atoms with Gasteiger partial charge in [-0.05, 0) is 61.1 Å². The number of nitrogens with two attached hydrogens (primary N) is 1. The Labute approximate surface area is 216 Å². The van der Waals surface area contributed by atoms with Gasteiger partial charge in [0.05, 0.1) is 24.2 Å². The van der Waals surface area contributed by atoms with Gasteiger partial charge in [-0.25, -0.2) is 8.78 Å². The van der Waals surface area contributed by atoms with Crippen molar-refractivity contribution in [3.63, 3.8) is 0 Å². The number of hydrogen-bond donors (Lipinski definition) is 1. The summed E-state index contributed by atoms with van der Waals surface area (Å²) in [6.07, 6.45) is 1.47. The molecule has 1 amide bonds. The van der Waals surface area contributed by atoms with Crippen LogP contribution in [0.15, 0.2) is 60.8 Å². The monoisotopic (exact) mass is 505 g/mol. The first kappa shape index (κ1) is 25.4. The number of halogens is 2. The van der Waals surface area contributed by atoms with Gasteiger partial charge in [0.2, 0.25) is 5.91 Å². The van der Waals surface area contributed by atoms with Crippen molar-refractivity contribution in [3.8, 4) is 6.07 Å². The van der Waals surface area contributed by atoms with Gasteiger partial charge in [0.25, 0.3) is 0 Å². The summed E-state index contributed by atoms with van der Waals surface area (Å²) in [5, 5.41) is 9.63. The van der Waals surface area contributed by atoms with Crippen LogP contribution in [0.2, 0.25) is 0 Å². The SMILES string of the molecule is C=C(C(N)CN1C[C@@H]2CC1C(=O)N2C(c1ccc(F)cc1)c1ccc(F)cc1)N1C(C#N)CC(C)C1C. The zero-order chi connectivity index (χ0) is 26.4. The molecule has 2 bridgehead atoms. The van der Waals surface area contributed by atoms with Crippen molar-refractivity contribution >= 4 is 5.91 Å². The third kappa shape index (κ3) is 4.51. The van der Waals surface area contributed by atoms with E-state index < -0.39 is 12.1 Å². The molecule has 5 unspecified atom stereocenters. The Morgan fingerprint density at radius 2 is 1.65 bits per heavy atom. The van der Waals surface area contributed by atoms with Crippen LogP contribution in [0.1, 0.15) is 43.9 Å². The second-order valence-electron chi connectivity index (χ2n) is 10.7. The first-order valence-corrected chi connectivity index (χ1v) is 12.9. The molecule has 6 atom stereocenters. The maximum absolute atomic E-state index is 13.7. The van der Waals surface area contributed by atoms with Gasteiger partial charge in [0.1, 0.15) is 17.7 Å². The van der Waals surface area contributed by atoms with Crippen molar-refractivity contribution in [1.82, 2.24) is 14.7 Å². The molecule has 3 saturated heterocycles. The fourth-order valence-corrected chi connectivity index (χ4v) is 6.38. The number of likely N-dealkylation sites (tertiary alicyclic amines) is 3. The molecule has 2 aromatic carbocycles. The van der Waals surface area contributed by atoms with Gasteiger partial charge in [-0.2, -0.15) is 5.26 Å². The number of nitrogens with zero attached hydrogens (tertiary/aromatic N) is 4. The number of piperazine rings is 1. The quantitative estimate of drug-likeness (QED) is 0.620. The molecule has 3 aliphatic heterocycles. The van der Waals surface area contributed by atoms with Crippen LogP contribution in [0.25, 0.3) is 0 Å². The lowest BCUT2D eigenvalue weighted by Gasteiger charge is -2.41. The Hall–Kier alpha value is -3.28. The summed E-state index contributed by atoms with van der Waals surface area (Å²) >= 11 is 0. The van der Waals surface area contributed by atoms with Gasteiger partial charge in [0, 0.05) is 30.9 Å². The van der Waals surface area contributed by atoms with E-state index in [1.165, 1.54) is 24.3 Å². The molecule has 0 aliphatic carbocycles. The average molecular weight is 506 g/mol. The highest BCUT2D eigenvalue weighted by Crippen LogP contribution is 2.41. The Kier molecular flexibility index (Phi) is 6.78. The van der Waals surface area contributed by atoms with Gasteiger partial charge >= 0.3 is 0 Å². The lowest BCUT2D eigenvalue weighted by atomic mass is 9.95. The molecule has 6 nitrogen and oxygen atoms in total. The predicted octanol–water partition coefficient (Wildman–Crippen LogP) is 3.80. The minimum atomic E-state index is -0.433. The van der Waals surface area contributed by atoms with Crippen LogP contribution in [0.3, 0.4) is 0 Å². The molecule has 37 heavy (non-hydrogen) atoms. The highest BCUT2D eigenvalue weighted by atomic mass is 19.1. The maximum atomic E-state index is 13.7. The summed E-state index contributed by atoms with van der Waals surface area (Å²) in [7, 11) is 0. The molecule has 0 spiro atoms. The minimum absolute atomic E-state index is 0.00854. The summed E-state index contributed by atoms with van der Waals surface area (Å²) in [6, 6.07) is 13.4. The van der Waals surface area contributed by atoms with Crippen molar-refractivity contribution in [1.29, 1.82) is 5.26 Å². The van der Waals surface area contributed by atoms with Crippen LogP contribution >= 0.6 is 0 Å². The lowest BCUT2D eigenvalue weighted by molar-refractivity contribution is -0.138. The van der Waals surface area contributed by atoms with Crippen LogP contribution in [-0.2, 0) is 4.79 Å². The van der Waals surface area contributed by atoms with Crippen molar-refractivity contribution in [2.75, 3.05) is 13.1 Å². The molecule has 0 aromatic heterocycles. The molecule has 0 radical (unpaired) electrons. The first-order chi connectivity index (χ1) is 17.7. The largest absolute Gasteiger partial charge is 0.355 e. The van der Waals surface area contributed by atoms with E-state index in [-0.39, 0.29) is 41.7 Å². The molecule has 5 rings (SSSR count). The number of rotatable bonds is 7. The standard InChI is InChI=1S/C29H33F2N5O/c1-17-12-24(14-32)35(18(17)2)19(3)26(33)16-34-15-25-13-27(34)29(37)36(25)28(20-4-8-22(30)9-5-20)21-6-10-23(31)11-7-21/h4-11,17-18,24-28H,3,12-13,15-16,33H2,1-2H3/t17?,18?,24?,25-,26?,27?/m0/s1. The van der Waals surface area contributed by atoms with E-state index >= 15 is 0 Å². The van der Waals surface area contributed by atoms with Gasteiger partial charge in [0.15, 0.2) is 0 Å². The van der Waals surface area contributed by atoms with Gasteiger partial charge in [-0.15, -0.1) is 0 Å². The van der Waals surface area contributed by atoms with Gasteiger partial charge < -0.3 is 15.5 Å². The number of nitriles is 1. The Morgan fingerprint density at radius 3 is 2.16 bits per heavy atom. The maximum Gasteiger partial charge on any atom is 0.241 e. The molecule has 8 heteroatoms. The molecule has 3 fully saturated rings. The Morgan fingerprint density at radius 1 is 1.08 bits per heavy atom. The molecule has 0 saturated carbocycles. The number of fused-ring (bicyclic) bond motifs is 2. The first-order valence-electron chi connectivity index (χ1n) is 12.9. The summed E-state index contributed by atoms with van der Waals surface area (Å²) in [5.74, 6) is -0.333. The molecule has 2 aromatic rings. The fourth-order valence-electron chi connectivity index (χ4n) is 6.38. The van der Waals surface area contributed by atoms with Crippen molar-refractivity contribution in [2.45, 2.75) is 62.9 Å². The third-order valence-electron chi connectivity index (χ3n) is 8.50. The van der Waals surface area contributed by atoms with Crippen LogP contribution in [-0.4, -0.2) is 63.9 Å². The summed E-state index contributed by atoms with van der Waals surface area (Å²) in [6.45, 7) is 9.62. The minimum Gasteiger partial charge on any atom is -0.355 e. The van der Waals surface area contributed by atoms with E-state index in [0.29, 0.717) is 25.4 Å². The van der Waals surface area contributed by atoms with Crippen molar-refractivity contribution in [2.24, 2.45) is 11.7 Å². The normalized spacial score (nSPS) is 28.2. The molecule has 3 aliphatic rings. The number of carbonyl (C=O) groups is 1. The third-order valence-corrected chi connectivity index (χ3v) is 8.50. The summed E-state index contributed by atoms with van der Waals surface area (Å²) in [4.78, 5) is 19.8. The molecule has 2 N–H and O–H groups in total. The van der Waals surface area contributed by atoms with Crippen LogP contribution in [0.4, 0.5) is 8.78 Å². The summed E-state index contributed by atoms with van der Waals surface area (Å²) < 4.78 is 27.3. The van der Waals surface area contributed by atoms with E-state index in [0.717, 1.165) is 23.2 Å². The lowest BCUT2D eigenvalue weighted by Crippen LogP contribution is -2.55. The van der Waals surface area contributed by atoms with Crippen LogP contribution in [0.5, 0.6) is 0 Å². The van der Waals surface area contributed by atoms with Crippen LogP contribution < -0.4 is 5.73 Å². The molecular weight excluding hydrogens is 472 g/mol. The highest BCUT2D eigenvalue weighted by molar-refractivity contribution is 5.86. The van der Waals surface area contributed by atoms with E-state index in [9.17, 15) is 18.8 Å². The average Bonchev–Trinajstić information content (AvgIpc) is 3.52. The van der Waals surface area contributed by atoms with E-state index in [1.54, 1.807) is 24.3 Å². The zero-order valence-corrected chi connectivity index (χ0v) is 21.2. The van der Waals surface area contributed by atoms with E-state index in [1.807, 2.05) is 4.90 Å². The predicted molar refractivity (Wildman–Crippen MR) is 137 cm³/mol. The molecule has 3 heterocycles. The second kappa shape index (κ2) is 9.88. The van der Waals surface area contributed by atoms with Gasteiger partial charge in [-0.3, -0.25) is 9.69 Å². The van der Waals surface area contributed by atoms with Gasteiger partial charge in [-0.1, -0.05) is 37.8 Å². The number of benzene rings is 2. The van der Waals surface area contributed by atoms with Crippen molar-refractivity contribution < 1.29 is 13.6 Å². The number of carbonyl (C=O) groups excluding carboxylic acids is 1. The van der Waals surface area contributed by atoms with E-state index in [2.05, 4.69) is 36.3 Å². The zero-order valence-electron chi connectivity index (χ0n) is 21.2. The highest BCUT2D eigenvalue weighted by Gasteiger charge is 2.52. The van der Waals surface area contributed by atoms with Crippen molar-refractivity contribution in [3.05, 3.63) is 83.6 Å². The summed E-state index contributed by atoms with van der Waals surface area (Å²) in [5.41, 5.74) is 8.90. The Balaban J connectivity index is 1.34. The molecular formula is C29H33F2N5O. The fraction of sp³-hybridized carbons (Fsp3) is 0.448. The smallest absolute Gasteiger partial charge is 0.241 e. The van der Waals surface area contributed by atoms with E-state index in [4.69, 9.17) is 5.73 Å². The topological polar surface area (TPSA) is 76.6 Å². The second-order valence-corrected chi connectivity index (χ2v) is 10.7. The number of hydrogen-bond acceptors (Lipinski definition) is 5. The number of amides is 1.